The number of nitrogens with zero attached hydrogens (tertiary/aromatic N) is 2. The summed E-state index contributed by atoms with van der Waals surface area (Å²) in [5, 5.41) is 20.4. The lowest BCUT2D eigenvalue weighted by atomic mass is 9.98. The zero-order valence-corrected chi connectivity index (χ0v) is 18.5. The maximum Gasteiger partial charge on any atom is 0.407 e. The van der Waals surface area contributed by atoms with Crippen LogP contribution < -0.4 is 5.32 Å². The summed E-state index contributed by atoms with van der Waals surface area (Å²) >= 11 is 0. The minimum Gasteiger partial charge on any atom is -0.481 e. The second-order valence-corrected chi connectivity index (χ2v) is 7.78. The predicted molar refractivity (Wildman–Crippen MR) is 121 cm³/mol. The van der Waals surface area contributed by atoms with E-state index in [-0.39, 0.29) is 38.3 Å². The molecule has 1 aliphatic rings. The van der Waals surface area contributed by atoms with Crippen molar-refractivity contribution >= 4 is 18.0 Å². The Labute approximate surface area is 192 Å². The maximum absolute atomic E-state index is 12.9. The second kappa shape index (κ2) is 11.1. The number of nitrogens with one attached hydrogen (secondary N) is 1. The molecule has 2 aromatic carbocycles. The first kappa shape index (κ1) is 23.8. The molecule has 0 spiro atoms. The highest BCUT2D eigenvalue weighted by Crippen LogP contribution is 2.44. The Morgan fingerprint density at radius 1 is 1.12 bits per heavy atom. The molecule has 0 radical (unpaired) electrons. The van der Waals surface area contributed by atoms with E-state index in [1.54, 1.807) is 6.92 Å². The number of carboxylic acid groups (broad SMARTS) is 1. The molecule has 33 heavy (non-hydrogen) atoms. The summed E-state index contributed by atoms with van der Waals surface area (Å²) < 4.78 is 5.50. The number of hydrogen-bond acceptors (Lipinski definition) is 5. The van der Waals surface area contributed by atoms with Crippen LogP contribution in [-0.4, -0.2) is 53.7 Å². The van der Waals surface area contributed by atoms with Crippen molar-refractivity contribution in [2.24, 2.45) is 0 Å². The van der Waals surface area contributed by atoms with Crippen LogP contribution in [0.3, 0.4) is 0 Å². The number of benzene rings is 2. The highest BCUT2D eigenvalue weighted by atomic mass is 16.5. The summed E-state index contributed by atoms with van der Waals surface area (Å²) in [7, 11) is 0. The van der Waals surface area contributed by atoms with Gasteiger partial charge in [0.15, 0.2) is 0 Å². The Kier molecular flexibility index (Phi) is 8.03. The lowest BCUT2D eigenvalue weighted by Gasteiger charge is -2.26. The summed E-state index contributed by atoms with van der Waals surface area (Å²) in [5.41, 5.74) is 4.35. The molecule has 0 saturated heterocycles. The Balaban J connectivity index is 1.68. The van der Waals surface area contributed by atoms with Gasteiger partial charge in [0.05, 0.1) is 12.5 Å². The van der Waals surface area contributed by atoms with Crippen LogP contribution in [0.2, 0.25) is 0 Å². The smallest absolute Gasteiger partial charge is 0.407 e. The van der Waals surface area contributed by atoms with E-state index in [0.29, 0.717) is 6.54 Å². The summed E-state index contributed by atoms with van der Waals surface area (Å²) in [4.78, 5) is 37.9. The van der Waals surface area contributed by atoms with Crippen LogP contribution in [-0.2, 0) is 14.3 Å². The van der Waals surface area contributed by atoms with E-state index in [9.17, 15) is 14.4 Å². The topological polar surface area (TPSA) is 120 Å². The number of aliphatic carboxylic acids is 1. The largest absolute Gasteiger partial charge is 0.481 e. The van der Waals surface area contributed by atoms with Crippen molar-refractivity contribution in [3.63, 3.8) is 0 Å². The zero-order valence-electron chi connectivity index (χ0n) is 18.5. The summed E-state index contributed by atoms with van der Waals surface area (Å²) in [6, 6.07) is 16.9. The van der Waals surface area contributed by atoms with E-state index in [4.69, 9.17) is 15.1 Å². The summed E-state index contributed by atoms with van der Waals surface area (Å²) in [6.07, 6.45) is -0.982. The average molecular weight is 450 g/mol. The van der Waals surface area contributed by atoms with Crippen LogP contribution in [0.4, 0.5) is 4.79 Å². The zero-order chi connectivity index (χ0) is 23.8. The first-order valence-electron chi connectivity index (χ1n) is 10.9. The molecule has 1 atom stereocenters. The molecule has 0 bridgehead atoms. The van der Waals surface area contributed by atoms with Gasteiger partial charge in [-0.2, -0.15) is 5.26 Å². The number of hydrogen-bond donors (Lipinski definition) is 2. The lowest BCUT2D eigenvalue weighted by molar-refractivity contribution is -0.138. The van der Waals surface area contributed by atoms with Crippen molar-refractivity contribution in [1.82, 2.24) is 10.2 Å². The number of carboxylic acids is 1. The van der Waals surface area contributed by atoms with Crippen molar-refractivity contribution in [2.45, 2.75) is 38.1 Å². The third-order valence-corrected chi connectivity index (χ3v) is 5.77. The van der Waals surface area contributed by atoms with Crippen molar-refractivity contribution in [3.8, 4) is 17.2 Å². The molecule has 3 rings (SSSR count). The average Bonchev–Trinajstić information content (AvgIpc) is 3.14. The Bertz CT molecular complexity index is 1020. The van der Waals surface area contributed by atoms with Gasteiger partial charge in [-0.3, -0.25) is 9.59 Å². The van der Waals surface area contributed by atoms with Crippen LogP contribution in [0.1, 0.15) is 43.2 Å². The number of ether oxygens (including phenoxy) is 1. The molecule has 2 amide bonds. The van der Waals surface area contributed by atoms with Crippen molar-refractivity contribution in [1.29, 1.82) is 5.26 Å². The molecular formula is C25H27N3O5. The minimum absolute atomic E-state index is 0.0680. The van der Waals surface area contributed by atoms with Gasteiger partial charge >= 0.3 is 12.1 Å². The molecule has 0 heterocycles. The highest BCUT2D eigenvalue weighted by molar-refractivity contribution is 5.86. The van der Waals surface area contributed by atoms with Gasteiger partial charge < -0.3 is 20.1 Å². The SMILES string of the molecule is CCN(CCC#N)C(=O)C(CCC(=O)O)NC(=O)OCC1c2ccccc2-c2ccccc21. The van der Waals surface area contributed by atoms with Crippen molar-refractivity contribution in [2.75, 3.05) is 19.7 Å². The molecule has 8 heteroatoms. The molecular weight excluding hydrogens is 422 g/mol. The van der Waals surface area contributed by atoms with Crippen molar-refractivity contribution in [3.05, 3.63) is 59.7 Å². The van der Waals surface area contributed by atoms with Gasteiger partial charge in [0.2, 0.25) is 5.91 Å². The summed E-state index contributed by atoms with van der Waals surface area (Å²) in [6.45, 7) is 2.40. The first-order chi connectivity index (χ1) is 16.0. The monoisotopic (exact) mass is 449 g/mol. The second-order valence-electron chi connectivity index (χ2n) is 7.78. The molecule has 2 N–H and O–H groups in total. The number of nitriles is 1. The molecule has 0 saturated carbocycles. The first-order valence-corrected chi connectivity index (χ1v) is 10.9. The van der Waals surface area contributed by atoms with Crippen LogP contribution in [0.15, 0.2) is 48.5 Å². The molecule has 2 aromatic rings. The fraction of sp³-hybridized carbons (Fsp3) is 0.360. The summed E-state index contributed by atoms with van der Waals surface area (Å²) in [5.74, 6) is -1.62. The van der Waals surface area contributed by atoms with E-state index < -0.39 is 24.0 Å². The van der Waals surface area contributed by atoms with Gasteiger partial charge in [-0.1, -0.05) is 48.5 Å². The van der Waals surface area contributed by atoms with Gasteiger partial charge in [0.25, 0.3) is 0 Å². The van der Waals surface area contributed by atoms with Gasteiger partial charge in [-0.05, 0) is 35.6 Å². The quantitative estimate of drug-likeness (QED) is 0.573. The van der Waals surface area contributed by atoms with Crippen LogP contribution in [0, 0.1) is 11.3 Å². The number of carbonyl (C=O) groups excluding carboxylic acids is 2. The number of carbonyl (C=O) groups is 3. The van der Waals surface area contributed by atoms with Crippen LogP contribution >= 0.6 is 0 Å². The fourth-order valence-corrected chi connectivity index (χ4v) is 4.14. The fourth-order valence-electron chi connectivity index (χ4n) is 4.14. The number of alkyl carbamates (subject to hydrolysis) is 1. The van der Waals surface area contributed by atoms with E-state index >= 15 is 0 Å². The molecule has 172 valence electrons. The lowest BCUT2D eigenvalue weighted by Crippen LogP contribution is -2.49. The molecule has 8 nitrogen and oxygen atoms in total. The normalized spacial score (nSPS) is 12.7. The number of likely N-dealkylation sites (N-methyl/N-ethyl adjacent to an activating group) is 1. The Morgan fingerprint density at radius 3 is 2.27 bits per heavy atom. The molecule has 0 fully saturated rings. The van der Waals surface area contributed by atoms with Gasteiger partial charge in [0.1, 0.15) is 12.6 Å². The minimum atomic E-state index is -1.07. The maximum atomic E-state index is 12.9. The Morgan fingerprint density at radius 2 is 1.73 bits per heavy atom. The Hall–Kier alpha value is -3.86. The van der Waals surface area contributed by atoms with E-state index in [1.807, 2.05) is 54.6 Å². The number of rotatable bonds is 10. The van der Waals surface area contributed by atoms with E-state index in [0.717, 1.165) is 22.3 Å². The van der Waals surface area contributed by atoms with Crippen LogP contribution in [0.5, 0.6) is 0 Å². The van der Waals surface area contributed by atoms with Gasteiger partial charge in [-0.25, -0.2) is 4.79 Å². The van der Waals surface area contributed by atoms with E-state index in [1.165, 1.54) is 4.90 Å². The number of amides is 2. The highest BCUT2D eigenvalue weighted by Gasteiger charge is 2.30. The third-order valence-electron chi connectivity index (χ3n) is 5.77. The van der Waals surface area contributed by atoms with E-state index in [2.05, 4.69) is 5.32 Å². The standard InChI is InChI=1S/C25H27N3O5/c1-2-28(15-7-14-26)24(31)22(12-13-23(29)30)27-25(32)33-16-21-19-10-5-3-8-17(19)18-9-4-6-11-20(18)21/h3-6,8-11,21-22H,2,7,12-13,15-16H2,1H3,(H,27,32)(H,29,30). The molecule has 0 aliphatic heterocycles. The molecule has 1 aliphatic carbocycles. The molecule has 1 unspecified atom stereocenters. The van der Waals surface area contributed by atoms with Gasteiger partial charge in [0, 0.05) is 25.4 Å². The van der Waals surface area contributed by atoms with Crippen LogP contribution in [0.25, 0.3) is 11.1 Å². The molecule has 0 aromatic heterocycles. The predicted octanol–water partition coefficient (Wildman–Crippen LogP) is 3.52. The van der Waals surface area contributed by atoms with Crippen molar-refractivity contribution < 1.29 is 24.2 Å². The number of fused-ring (bicyclic) bond motifs is 3. The third kappa shape index (κ3) is 5.69. The van der Waals surface area contributed by atoms with Gasteiger partial charge in [-0.15, -0.1) is 0 Å².